The summed E-state index contributed by atoms with van der Waals surface area (Å²) in [5.41, 5.74) is 2.63. The van der Waals surface area contributed by atoms with Crippen molar-refractivity contribution in [2.45, 2.75) is 39.3 Å². The van der Waals surface area contributed by atoms with Crippen LogP contribution in [0.15, 0.2) is 48.8 Å². The largest absolute Gasteiger partial charge is 0.342 e. The number of hydrogen-bond acceptors (Lipinski definition) is 3. The summed E-state index contributed by atoms with van der Waals surface area (Å²) in [6.45, 7) is 5.05. The number of carbonyl (C=O) groups excluding carboxylic acids is 1. The Kier molecular flexibility index (Phi) is 4.89. The van der Waals surface area contributed by atoms with E-state index in [9.17, 15) is 4.79 Å². The zero-order chi connectivity index (χ0) is 16.9. The molecule has 1 atom stereocenters. The first-order valence-corrected chi connectivity index (χ1v) is 8.36. The van der Waals surface area contributed by atoms with Crippen LogP contribution in [0.3, 0.4) is 0 Å². The average molecular weight is 322 g/mol. The highest BCUT2D eigenvalue weighted by Crippen LogP contribution is 2.21. The third kappa shape index (κ3) is 3.30. The van der Waals surface area contributed by atoms with Gasteiger partial charge in [-0.3, -0.25) is 9.78 Å². The number of rotatable bonds is 6. The molecule has 1 amide bonds. The Balaban J connectivity index is 1.88. The lowest BCUT2D eigenvalue weighted by atomic mass is 10.2. The third-order valence-electron chi connectivity index (χ3n) is 4.08. The Morgan fingerprint density at radius 2 is 2.08 bits per heavy atom. The SMILES string of the molecule is CCCCn1c(C(C)NC(=O)c2cccnc2)nc2ccccc21. The number of para-hydroxylation sites is 2. The molecular formula is C19H22N4O. The minimum atomic E-state index is -0.179. The van der Waals surface area contributed by atoms with Gasteiger partial charge < -0.3 is 9.88 Å². The van der Waals surface area contributed by atoms with E-state index in [1.807, 2.05) is 25.1 Å². The molecule has 0 fully saturated rings. The minimum absolute atomic E-state index is 0.135. The second-order valence-corrected chi connectivity index (χ2v) is 5.90. The van der Waals surface area contributed by atoms with Crippen LogP contribution in [0, 0.1) is 0 Å². The average Bonchev–Trinajstić information content (AvgIpc) is 2.99. The molecule has 0 saturated carbocycles. The van der Waals surface area contributed by atoms with Crippen molar-refractivity contribution in [3.8, 4) is 0 Å². The normalized spacial score (nSPS) is 12.2. The Bertz CT molecular complexity index is 826. The number of aromatic nitrogens is 3. The van der Waals surface area contributed by atoms with E-state index in [2.05, 4.69) is 27.9 Å². The maximum Gasteiger partial charge on any atom is 0.253 e. The van der Waals surface area contributed by atoms with Crippen molar-refractivity contribution in [3.05, 3.63) is 60.2 Å². The van der Waals surface area contributed by atoms with E-state index in [0.717, 1.165) is 36.2 Å². The van der Waals surface area contributed by atoms with Gasteiger partial charge in [0.15, 0.2) is 0 Å². The first-order valence-electron chi connectivity index (χ1n) is 8.36. The number of nitrogens with one attached hydrogen (secondary N) is 1. The molecule has 3 rings (SSSR count). The van der Waals surface area contributed by atoms with Crippen molar-refractivity contribution < 1.29 is 4.79 Å². The lowest BCUT2D eigenvalue weighted by molar-refractivity contribution is 0.0937. The molecule has 2 heterocycles. The van der Waals surface area contributed by atoms with Crippen molar-refractivity contribution in [2.75, 3.05) is 0 Å². The fourth-order valence-corrected chi connectivity index (χ4v) is 2.82. The summed E-state index contributed by atoms with van der Waals surface area (Å²) < 4.78 is 2.22. The number of hydrogen-bond donors (Lipinski definition) is 1. The third-order valence-corrected chi connectivity index (χ3v) is 4.08. The lowest BCUT2D eigenvalue weighted by Gasteiger charge is -2.16. The van der Waals surface area contributed by atoms with Gasteiger partial charge in [0, 0.05) is 18.9 Å². The van der Waals surface area contributed by atoms with Gasteiger partial charge in [0.25, 0.3) is 5.91 Å². The summed E-state index contributed by atoms with van der Waals surface area (Å²) in [4.78, 5) is 21.1. The van der Waals surface area contributed by atoms with E-state index >= 15 is 0 Å². The number of nitrogens with zero attached hydrogens (tertiary/aromatic N) is 3. The van der Waals surface area contributed by atoms with Crippen LogP contribution < -0.4 is 5.32 Å². The fourth-order valence-electron chi connectivity index (χ4n) is 2.82. The van der Waals surface area contributed by atoms with Crippen LogP contribution in [0.1, 0.15) is 48.9 Å². The van der Waals surface area contributed by atoms with Gasteiger partial charge in [-0.25, -0.2) is 4.98 Å². The highest BCUT2D eigenvalue weighted by atomic mass is 16.1. The number of unbranched alkanes of at least 4 members (excludes halogenated alkanes) is 1. The monoisotopic (exact) mass is 322 g/mol. The van der Waals surface area contributed by atoms with Gasteiger partial charge in [0.2, 0.25) is 0 Å². The van der Waals surface area contributed by atoms with Crippen LogP contribution in [0.2, 0.25) is 0 Å². The highest BCUT2D eigenvalue weighted by molar-refractivity contribution is 5.94. The Morgan fingerprint density at radius 1 is 1.25 bits per heavy atom. The van der Waals surface area contributed by atoms with Crippen LogP contribution in [-0.4, -0.2) is 20.4 Å². The molecule has 0 spiro atoms. The zero-order valence-corrected chi connectivity index (χ0v) is 14.1. The second kappa shape index (κ2) is 7.25. The molecule has 0 aliphatic rings. The van der Waals surface area contributed by atoms with E-state index in [1.54, 1.807) is 24.5 Å². The number of aryl methyl sites for hydroxylation is 1. The molecule has 0 bridgehead atoms. The zero-order valence-electron chi connectivity index (χ0n) is 14.1. The molecule has 5 nitrogen and oxygen atoms in total. The van der Waals surface area contributed by atoms with Gasteiger partial charge in [0.05, 0.1) is 22.6 Å². The molecule has 5 heteroatoms. The summed E-state index contributed by atoms with van der Waals surface area (Å²) in [6, 6.07) is 11.4. The van der Waals surface area contributed by atoms with Crippen LogP contribution in [0.4, 0.5) is 0 Å². The van der Waals surface area contributed by atoms with E-state index in [1.165, 1.54) is 0 Å². The number of pyridine rings is 1. The number of imidazole rings is 1. The van der Waals surface area contributed by atoms with Crippen molar-refractivity contribution in [2.24, 2.45) is 0 Å². The molecule has 3 aromatic rings. The highest BCUT2D eigenvalue weighted by Gasteiger charge is 2.18. The van der Waals surface area contributed by atoms with Crippen molar-refractivity contribution in [3.63, 3.8) is 0 Å². The van der Waals surface area contributed by atoms with Gasteiger partial charge in [0.1, 0.15) is 5.82 Å². The molecule has 124 valence electrons. The smallest absolute Gasteiger partial charge is 0.253 e. The molecule has 1 N–H and O–H groups in total. The van der Waals surface area contributed by atoms with Crippen LogP contribution >= 0.6 is 0 Å². The molecule has 24 heavy (non-hydrogen) atoms. The molecule has 2 aromatic heterocycles. The first-order chi connectivity index (χ1) is 11.7. The molecule has 1 unspecified atom stereocenters. The summed E-state index contributed by atoms with van der Waals surface area (Å²) in [6.07, 6.45) is 5.42. The summed E-state index contributed by atoms with van der Waals surface area (Å²) >= 11 is 0. The quantitative estimate of drug-likeness (QED) is 0.752. The number of amides is 1. The predicted molar refractivity (Wildman–Crippen MR) is 94.8 cm³/mol. The topological polar surface area (TPSA) is 59.8 Å². The fraction of sp³-hybridized carbons (Fsp3) is 0.316. The van der Waals surface area contributed by atoms with Gasteiger partial charge >= 0.3 is 0 Å². The number of carbonyl (C=O) groups is 1. The Labute approximate surface area is 141 Å². The maximum atomic E-state index is 12.4. The van der Waals surface area contributed by atoms with E-state index in [4.69, 9.17) is 4.98 Å². The Morgan fingerprint density at radius 3 is 2.83 bits per heavy atom. The Hall–Kier alpha value is -2.69. The molecule has 0 radical (unpaired) electrons. The van der Waals surface area contributed by atoms with E-state index in [0.29, 0.717) is 5.56 Å². The minimum Gasteiger partial charge on any atom is -0.342 e. The molecule has 0 saturated heterocycles. The molecule has 0 aliphatic carbocycles. The number of fused-ring (bicyclic) bond motifs is 1. The summed E-state index contributed by atoms with van der Waals surface area (Å²) in [5, 5.41) is 3.03. The van der Waals surface area contributed by atoms with Crippen LogP contribution in [0.5, 0.6) is 0 Å². The van der Waals surface area contributed by atoms with Gasteiger partial charge in [-0.1, -0.05) is 25.5 Å². The van der Waals surface area contributed by atoms with Crippen molar-refractivity contribution in [1.82, 2.24) is 19.9 Å². The standard InChI is InChI=1S/C19H22N4O/c1-3-4-12-23-17-10-6-5-9-16(17)22-18(23)14(2)21-19(24)15-8-7-11-20-13-15/h5-11,13-14H,3-4,12H2,1-2H3,(H,21,24). The lowest BCUT2D eigenvalue weighted by Crippen LogP contribution is -2.28. The van der Waals surface area contributed by atoms with Gasteiger partial charge in [-0.05, 0) is 37.6 Å². The summed E-state index contributed by atoms with van der Waals surface area (Å²) in [5.74, 6) is 0.756. The van der Waals surface area contributed by atoms with Gasteiger partial charge in [-0.15, -0.1) is 0 Å². The summed E-state index contributed by atoms with van der Waals surface area (Å²) in [7, 11) is 0. The van der Waals surface area contributed by atoms with Gasteiger partial charge in [-0.2, -0.15) is 0 Å². The predicted octanol–water partition coefficient (Wildman–Crippen LogP) is 3.72. The number of benzene rings is 1. The molecular weight excluding hydrogens is 300 g/mol. The van der Waals surface area contributed by atoms with Crippen LogP contribution in [-0.2, 0) is 6.54 Å². The second-order valence-electron chi connectivity index (χ2n) is 5.90. The molecule has 1 aromatic carbocycles. The van der Waals surface area contributed by atoms with Crippen LogP contribution in [0.25, 0.3) is 11.0 Å². The van der Waals surface area contributed by atoms with Crippen molar-refractivity contribution >= 4 is 16.9 Å². The van der Waals surface area contributed by atoms with E-state index in [-0.39, 0.29) is 11.9 Å². The maximum absolute atomic E-state index is 12.4. The molecule has 0 aliphatic heterocycles. The van der Waals surface area contributed by atoms with E-state index < -0.39 is 0 Å². The first kappa shape index (κ1) is 16.2. The van der Waals surface area contributed by atoms with Crippen molar-refractivity contribution in [1.29, 1.82) is 0 Å².